The van der Waals surface area contributed by atoms with Crippen molar-refractivity contribution in [2.75, 3.05) is 7.11 Å². The fraction of sp³-hybridized carbons (Fsp3) is 0.0714. The van der Waals surface area contributed by atoms with E-state index in [-0.39, 0.29) is 0 Å². The molecule has 98 valence electrons. The van der Waals surface area contributed by atoms with Gasteiger partial charge in [0.2, 0.25) is 0 Å². The predicted octanol–water partition coefficient (Wildman–Crippen LogP) is 4.15. The summed E-state index contributed by atoms with van der Waals surface area (Å²) >= 11 is 3.86. The van der Waals surface area contributed by atoms with Crippen molar-refractivity contribution in [3.05, 3.63) is 51.6 Å². The summed E-state index contributed by atoms with van der Waals surface area (Å²) in [6, 6.07) is 12.7. The molecule has 0 atom stereocenters. The molecule has 19 heavy (non-hydrogen) atoms. The first-order valence-corrected chi connectivity index (χ1v) is 7.34. The quantitative estimate of drug-likeness (QED) is 0.803. The van der Waals surface area contributed by atoms with Crippen molar-refractivity contribution in [3.8, 4) is 5.75 Å². The standard InChI is InChI=1S/C14H11IO3S/c1-18-10-4-7-13(12(15)8-10)19-11-5-2-9(3-6-11)14(16)17/h2-8H,1H3,(H,16,17). The molecule has 0 radical (unpaired) electrons. The van der Waals surface area contributed by atoms with E-state index in [2.05, 4.69) is 22.6 Å². The molecule has 2 aromatic carbocycles. The van der Waals surface area contributed by atoms with Crippen LogP contribution in [0, 0.1) is 3.57 Å². The summed E-state index contributed by atoms with van der Waals surface area (Å²) in [5.74, 6) is -0.0782. The minimum absolute atomic E-state index is 0.300. The number of carboxylic acids is 1. The molecule has 0 saturated heterocycles. The van der Waals surface area contributed by atoms with Gasteiger partial charge in [0.05, 0.1) is 12.7 Å². The number of hydrogen-bond acceptors (Lipinski definition) is 3. The van der Waals surface area contributed by atoms with Gasteiger partial charge < -0.3 is 9.84 Å². The maximum atomic E-state index is 10.8. The molecule has 0 aliphatic carbocycles. The summed E-state index contributed by atoms with van der Waals surface area (Å²) in [6.45, 7) is 0. The van der Waals surface area contributed by atoms with Crippen molar-refractivity contribution in [2.24, 2.45) is 0 Å². The van der Waals surface area contributed by atoms with Crippen molar-refractivity contribution in [3.63, 3.8) is 0 Å². The first-order valence-electron chi connectivity index (χ1n) is 5.45. The highest BCUT2D eigenvalue weighted by Crippen LogP contribution is 2.33. The average molecular weight is 386 g/mol. The van der Waals surface area contributed by atoms with Crippen LogP contribution in [-0.2, 0) is 0 Å². The maximum Gasteiger partial charge on any atom is 0.335 e. The van der Waals surface area contributed by atoms with Gasteiger partial charge in [0.25, 0.3) is 0 Å². The lowest BCUT2D eigenvalue weighted by Gasteiger charge is -2.07. The average Bonchev–Trinajstić information content (AvgIpc) is 2.41. The molecule has 0 aromatic heterocycles. The molecule has 0 bridgehead atoms. The van der Waals surface area contributed by atoms with Crippen LogP contribution in [0.25, 0.3) is 0 Å². The Hall–Kier alpha value is -1.21. The van der Waals surface area contributed by atoms with Gasteiger partial charge in [-0.1, -0.05) is 11.8 Å². The van der Waals surface area contributed by atoms with Crippen molar-refractivity contribution in [1.29, 1.82) is 0 Å². The molecule has 5 heteroatoms. The van der Waals surface area contributed by atoms with E-state index in [1.807, 2.05) is 30.3 Å². The van der Waals surface area contributed by atoms with E-state index in [9.17, 15) is 4.79 Å². The third-order valence-electron chi connectivity index (χ3n) is 2.47. The molecule has 0 unspecified atom stereocenters. The Morgan fingerprint density at radius 3 is 2.42 bits per heavy atom. The lowest BCUT2D eigenvalue weighted by atomic mass is 10.2. The van der Waals surface area contributed by atoms with Gasteiger partial charge in [-0.05, 0) is 65.1 Å². The number of hydrogen-bond donors (Lipinski definition) is 1. The largest absolute Gasteiger partial charge is 0.497 e. The van der Waals surface area contributed by atoms with Gasteiger partial charge in [-0.2, -0.15) is 0 Å². The number of rotatable bonds is 4. The van der Waals surface area contributed by atoms with Gasteiger partial charge in [-0.15, -0.1) is 0 Å². The summed E-state index contributed by atoms with van der Waals surface area (Å²) < 4.78 is 6.26. The Balaban J connectivity index is 2.19. The Kier molecular flexibility index (Phi) is 4.71. The Labute approximate surface area is 129 Å². The second-order valence-electron chi connectivity index (χ2n) is 3.73. The summed E-state index contributed by atoms with van der Waals surface area (Å²) in [4.78, 5) is 12.9. The van der Waals surface area contributed by atoms with Crippen LogP contribution in [0.1, 0.15) is 10.4 Å². The molecule has 0 saturated carbocycles. The van der Waals surface area contributed by atoms with Crippen molar-refractivity contribution in [2.45, 2.75) is 9.79 Å². The van der Waals surface area contributed by atoms with Crippen LogP contribution in [0.15, 0.2) is 52.3 Å². The lowest BCUT2D eigenvalue weighted by molar-refractivity contribution is 0.0697. The molecule has 2 aromatic rings. The summed E-state index contributed by atoms with van der Waals surface area (Å²) in [5, 5.41) is 8.85. The lowest BCUT2D eigenvalue weighted by Crippen LogP contribution is -1.94. The normalized spacial score (nSPS) is 10.2. The second kappa shape index (κ2) is 6.29. The Morgan fingerprint density at radius 2 is 1.89 bits per heavy atom. The van der Waals surface area contributed by atoms with E-state index in [1.54, 1.807) is 31.0 Å². The minimum atomic E-state index is -0.907. The van der Waals surface area contributed by atoms with Crippen LogP contribution in [0.3, 0.4) is 0 Å². The van der Waals surface area contributed by atoms with Crippen LogP contribution in [0.5, 0.6) is 5.75 Å². The number of ether oxygens (including phenoxy) is 1. The Morgan fingerprint density at radius 1 is 1.21 bits per heavy atom. The predicted molar refractivity (Wildman–Crippen MR) is 83.2 cm³/mol. The van der Waals surface area contributed by atoms with E-state index < -0.39 is 5.97 Å². The maximum absolute atomic E-state index is 10.8. The van der Waals surface area contributed by atoms with Gasteiger partial charge >= 0.3 is 5.97 Å². The third kappa shape index (κ3) is 3.63. The molecule has 1 N–H and O–H groups in total. The molecule has 3 nitrogen and oxygen atoms in total. The number of aromatic carboxylic acids is 1. The van der Waals surface area contributed by atoms with Gasteiger partial charge in [-0.25, -0.2) is 4.79 Å². The van der Waals surface area contributed by atoms with Crippen LogP contribution in [-0.4, -0.2) is 18.2 Å². The topological polar surface area (TPSA) is 46.5 Å². The van der Waals surface area contributed by atoms with E-state index in [0.29, 0.717) is 5.56 Å². The van der Waals surface area contributed by atoms with E-state index in [4.69, 9.17) is 9.84 Å². The van der Waals surface area contributed by atoms with Crippen LogP contribution in [0.2, 0.25) is 0 Å². The van der Waals surface area contributed by atoms with Crippen LogP contribution < -0.4 is 4.74 Å². The molecule has 0 amide bonds. The second-order valence-corrected chi connectivity index (χ2v) is 6.01. The first-order chi connectivity index (χ1) is 9.10. The minimum Gasteiger partial charge on any atom is -0.497 e. The monoisotopic (exact) mass is 386 g/mol. The van der Waals surface area contributed by atoms with Crippen molar-refractivity contribution in [1.82, 2.24) is 0 Å². The fourth-order valence-corrected chi connectivity index (χ4v) is 3.12. The number of carboxylic acid groups (broad SMARTS) is 1. The molecular weight excluding hydrogens is 375 g/mol. The number of benzene rings is 2. The SMILES string of the molecule is COc1ccc(Sc2ccc(C(=O)O)cc2)c(I)c1. The number of halogens is 1. The van der Waals surface area contributed by atoms with Gasteiger partial charge in [0, 0.05) is 13.4 Å². The van der Waals surface area contributed by atoms with Crippen molar-refractivity contribution < 1.29 is 14.6 Å². The molecule has 0 spiro atoms. The summed E-state index contributed by atoms with van der Waals surface area (Å²) in [5.41, 5.74) is 0.300. The van der Waals surface area contributed by atoms with E-state index in [0.717, 1.165) is 19.1 Å². The zero-order chi connectivity index (χ0) is 13.8. The van der Waals surface area contributed by atoms with Gasteiger partial charge in [0.15, 0.2) is 0 Å². The zero-order valence-electron chi connectivity index (χ0n) is 10.1. The van der Waals surface area contributed by atoms with Gasteiger partial charge in [0.1, 0.15) is 5.75 Å². The highest BCUT2D eigenvalue weighted by Gasteiger charge is 2.06. The van der Waals surface area contributed by atoms with Crippen LogP contribution >= 0.6 is 34.4 Å². The van der Waals surface area contributed by atoms with E-state index in [1.165, 1.54) is 0 Å². The zero-order valence-corrected chi connectivity index (χ0v) is 13.1. The van der Waals surface area contributed by atoms with Gasteiger partial charge in [-0.3, -0.25) is 0 Å². The molecule has 0 fully saturated rings. The van der Waals surface area contributed by atoms with Crippen LogP contribution in [0.4, 0.5) is 0 Å². The van der Waals surface area contributed by atoms with E-state index >= 15 is 0 Å². The fourth-order valence-electron chi connectivity index (χ4n) is 1.48. The number of methoxy groups -OCH3 is 1. The molecular formula is C14H11IO3S. The molecule has 0 aliphatic rings. The third-order valence-corrected chi connectivity index (χ3v) is 4.81. The molecule has 0 aliphatic heterocycles. The molecule has 2 rings (SSSR count). The summed E-state index contributed by atoms with van der Waals surface area (Å²) in [6.07, 6.45) is 0. The highest BCUT2D eigenvalue weighted by molar-refractivity contribution is 14.1. The highest BCUT2D eigenvalue weighted by atomic mass is 127. The summed E-state index contributed by atoms with van der Waals surface area (Å²) in [7, 11) is 1.64. The number of carbonyl (C=O) groups is 1. The first kappa shape index (κ1) is 14.2. The Bertz CT molecular complexity index is 596. The smallest absolute Gasteiger partial charge is 0.335 e. The molecule has 0 heterocycles. The van der Waals surface area contributed by atoms with Crippen molar-refractivity contribution >= 4 is 40.3 Å².